The van der Waals surface area contributed by atoms with Gasteiger partial charge in [0.1, 0.15) is 6.10 Å². The Morgan fingerprint density at radius 1 is 1.11 bits per heavy atom. The van der Waals surface area contributed by atoms with Gasteiger partial charge in [0.05, 0.1) is 17.8 Å². The Morgan fingerprint density at radius 2 is 1.89 bits per heavy atom. The molecule has 0 aliphatic heterocycles. The lowest BCUT2D eigenvalue weighted by atomic mass is 10.1. The molecule has 0 fully saturated rings. The molecule has 0 spiro atoms. The SMILES string of the molecule is OCC(O)c1ccc2cc(-c3ccccc3)nn2c1. The maximum atomic E-state index is 9.62. The molecule has 0 saturated heterocycles. The number of aliphatic hydroxyl groups is 2. The minimum atomic E-state index is -0.867. The Hall–Kier alpha value is -2.17. The van der Waals surface area contributed by atoms with Crippen molar-refractivity contribution >= 4 is 5.52 Å². The fourth-order valence-electron chi connectivity index (χ4n) is 2.06. The van der Waals surface area contributed by atoms with Crippen LogP contribution in [-0.4, -0.2) is 26.4 Å². The molecular formula is C15H14N2O2. The Bertz CT molecular complexity index is 692. The summed E-state index contributed by atoms with van der Waals surface area (Å²) >= 11 is 0. The van der Waals surface area contributed by atoms with Gasteiger partial charge in [-0.1, -0.05) is 36.4 Å². The van der Waals surface area contributed by atoms with Crippen molar-refractivity contribution in [3.63, 3.8) is 0 Å². The highest BCUT2D eigenvalue weighted by Crippen LogP contribution is 2.21. The number of aromatic nitrogens is 2. The number of pyridine rings is 1. The molecule has 19 heavy (non-hydrogen) atoms. The van der Waals surface area contributed by atoms with E-state index in [1.807, 2.05) is 42.5 Å². The van der Waals surface area contributed by atoms with E-state index >= 15 is 0 Å². The van der Waals surface area contributed by atoms with Crippen molar-refractivity contribution in [1.29, 1.82) is 0 Å². The minimum absolute atomic E-state index is 0.293. The third kappa shape index (κ3) is 2.23. The first kappa shape index (κ1) is 11.9. The number of benzene rings is 1. The molecule has 4 heteroatoms. The van der Waals surface area contributed by atoms with Gasteiger partial charge < -0.3 is 10.2 Å². The van der Waals surface area contributed by atoms with Crippen LogP contribution >= 0.6 is 0 Å². The second-order valence-electron chi connectivity index (χ2n) is 4.43. The summed E-state index contributed by atoms with van der Waals surface area (Å²) < 4.78 is 1.72. The maximum absolute atomic E-state index is 9.62. The quantitative estimate of drug-likeness (QED) is 0.752. The maximum Gasteiger partial charge on any atom is 0.104 e. The summed E-state index contributed by atoms with van der Waals surface area (Å²) in [6.45, 7) is -0.293. The minimum Gasteiger partial charge on any atom is -0.393 e. The summed E-state index contributed by atoms with van der Waals surface area (Å²) in [6.07, 6.45) is 0.872. The largest absolute Gasteiger partial charge is 0.393 e. The molecule has 0 aliphatic carbocycles. The van der Waals surface area contributed by atoms with Crippen molar-refractivity contribution < 1.29 is 10.2 Å². The highest BCUT2D eigenvalue weighted by atomic mass is 16.3. The Kier molecular flexibility index (Phi) is 3.03. The molecule has 2 N–H and O–H groups in total. The average Bonchev–Trinajstić information content (AvgIpc) is 2.90. The van der Waals surface area contributed by atoms with Gasteiger partial charge in [-0.25, -0.2) is 4.52 Å². The molecule has 3 aromatic rings. The fourth-order valence-corrected chi connectivity index (χ4v) is 2.06. The van der Waals surface area contributed by atoms with E-state index in [1.54, 1.807) is 16.8 Å². The van der Waals surface area contributed by atoms with Crippen LogP contribution in [-0.2, 0) is 0 Å². The number of rotatable bonds is 3. The van der Waals surface area contributed by atoms with Crippen molar-refractivity contribution in [2.24, 2.45) is 0 Å². The first-order valence-electron chi connectivity index (χ1n) is 6.11. The van der Waals surface area contributed by atoms with Crippen LogP contribution in [0.5, 0.6) is 0 Å². The van der Waals surface area contributed by atoms with E-state index in [-0.39, 0.29) is 6.61 Å². The van der Waals surface area contributed by atoms with Crippen LogP contribution in [0.15, 0.2) is 54.7 Å². The van der Waals surface area contributed by atoms with E-state index < -0.39 is 6.10 Å². The summed E-state index contributed by atoms with van der Waals surface area (Å²) in [5, 5.41) is 23.1. The lowest BCUT2D eigenvalue weighted by Gasteiger charge is -2.06. The number of nitrogens with zero attached hydrogens (tertiary/aromatic N) is 2. The normalized spacial score (nSPS) is 12.7. The van der Waals surface area contributed by atoms with E-state index in [0.29, 0.717) is 5.56 Å². The summed E-state index contributed by atoms with van der Waals surface area (Å²) in [5.74, 6) is 0. The van der Waals surface area contributed by atoms with Crippen molar-refractivity contribution in [2.45, 2.75) is 6.10 Å². The number of hydrogen-bond acceptors (Lipinski definition) is 3. The third-order valence-corrected chi connectivity index (χ3v) is 3.11. The second-order valence-corrected chi connectivity index (χ2v) is 4.43. The van der Waals surface area contributed by atoms with E-state index in [1.165, 1.54) is 0 Å². The van der Waals surface area contributed by atoms with Crippen LogP contribution in [0.1, 0.15) is 11.7 Å². The van der Waals surface area contributed by atoms with Crippen LogP contribution in [0.25, 0.3) is 16.8 Å². The van der Waals surface area contributed by atoms with Gasteiger partial charge in [0.15, 0.2) is 0 Å². The molecule has 0 aliphatic rings. The Balaban J connectivity index is 2.06. The first-order chi connectivity index (χ1) is 9.28. The summed E-state index contributed by atoms with van der Waals surface area (Å²) in [5.41, 5.74) is 3.54. The van der Waals surface area contributed by atoms with Crippen LogP contribution in [0.4, 0.5) is 0 Å². The molecule has 0 amide bonds. The standard InChI is InChI=1S/C15H14N2O2/c18-10-15(19)12-6-7-13-8-14(16-17(13)9-12)11-4-2-1-3-5-11/h1-9,15,18-19H,10H2. The van der Waals surface area contributed by atoms with E-state index in [0.717, 1.165) is 16.8 Å². The molecule has 4 nitrogen and oxygen atoms in total. The molecule has 2 aromatic heterocycles. The molecule has 1 aromatic carbocycles. The average molecular weight is 254 g/mol. The van der Waals surface area contributed by atoms with Gasteiger partial charge in [0, 0.05) is 17.3 Å². The third-order valence-electron chi connectivity index (χ3n) is 3.11. The van der Waals surface area contributed by atoms with Crippen molar-refractivity contribution in [1.82, 2.24) is 9.61 Å². The highest BCUT2D eigenvalue weighted by Gasteiger charge is 2.09. The molecule has 1 unspecified atom stereocenters. The molecule has 96 valence electrons. The molecular weight excluding hydrogens is 240 g/mol. The van der Waals surface area contributed by atoms with Gasteiger partial charge >= 0.3 is 0 Å². The zero-order chi connectivity index (χ0) is 13.2. The van der Waals surface area contributed by atoms with E-state index in [2.05, 4.69) is 5.10 Å². The molecule has 0 saturated carbocycles. The number of hydrogen-bond donors (Lipinski definition) is 2. The molecule has 1 atom stereocenters. The van der Waals surface area contributed by atoms with Crippen molar-refractivity contribution in [3.8, 4) is 11.3 Å². The molecule has 0 radical (unpaired) electrons. The number of aliphatic hydroxyl groups excluding tert-OH is 2. The zero-order valence-corrected chi connectivity index (χ0v) is 10.3. The van der Waals surface area contributed by atoms with Gasteiger partial charge in [-0.2, -0.15) is 5.10 Å². The van der Waals surface area contributed by atoms with Gasteiger partial charge in [-0.3, -0.25) is 0 Å². The molecule has 2 heterocycles. The van der Waals surface area contributed by atoms with Crippen LogP contribution < -0.4 is 0 Å². The molecule has 0 bridgehead atoms. The first-order valence-corrected chi connectivity index (χ1v) is 6.11. The zero-order valence-electron chi connectivity index (χ0n) is 10.3. The molecule has 3 rings (SSSR count). The highest BCUT2D eigenvalue weighted by molar-refractivity contribution is 5.65. The van der Waals surface area contributed by atoms with Crippen LogP contribution in [0.2, 0.25) is 0 Å². The predicted octanol–water partition coefficient (Wildman–Crippen LogP) is 2.03. The number of fused-ring (bicyclic) bond motifs is 1. The van der Waals surface area contributed by atoms with Gasteiger partial charge in [-0.05, 0) is 12.1 Å². The monoisotopic (exact) mass is 254 g/mol. The van der Waals surface area contributed by atoms with Gasteiger partial charge in [-0.15, -0.1) is 0 Å². The lowest BCUT2D eigenvalue weighted by molar-refractivity contribution is 0.0952. The summed E-state index contributed by atoms with van der Waals surface area (Å²) in [4.78, 5) is 0. The smallest absolute Gasteiger partial charge is 0.104 e. The van der Waals surface area contributed by atoms with Crippen molar-refractivity contribution in [2.75, 3.05) is 6.61 Å². The Morgan fingerprint density at radius 3 is 2.63 bits per heavy atom. The summed E-state index contributed by atoms with van der Waals surface area (Å²) in [6, 6.07) is 15.6. The Labute approximate surface area is 110 Å². The van der Waals surface area contributed by atoms with E-state index in [4.69, 9.17) is 5.11 Å². The van der Waals surface area contributed by atoms with Crippen molar-refractivity contribution in [3.05, 3.63) is 60.3 Å². The predicted molar refractivity (Wildman–Crippen MR) is 72.7 cm³/mol. The lowest BCUT2D eigenvalue weighted by Crippen LogP contribution is -2.03. The fraction of sp³-hybridized carbons (Fsp3) is 0.133. The van der Waals surface area contributed by atoms with Crippen LogP contribution in [0.3, 0.4) is 0 Å². The van der Waals surface area contributed by atoms with Gasteiger partial charge in [0.2, 0.25) is 0 Å². The van der Waals surface area contributed by atoms with Gasteiger partial charge in [0.25, 0.3) is 0 Å². The topological polar surface area (TPSA) is 57.8 Å². The van der Waals surface area contributed by atoms with Crippen LogP contribution in [0, 0.1) is 0 Å². The van der Waals surface area contributed by atoms with E-state index in [9.17, 15) is 5.11 Å². The second kappa shape index (κ2) is 4.84. The summed E-state index contributed by atoms with van der Waals surface area (Å²) in [7, 11) is 0.